The molecule has 3 heteroatoms. The minimum absolute atomic E-state index is 0.209. The molecule has 0 aliphatic rings. The van der Waals surface area contributed by atoms with E-state index in [-0.39, 0.29) is 5.82 Å². The third-order valence-corrected chi connectivity index (χ3v) is 1.75. The average Bonchev–Trinajstić information content (AvgIpc) is 2.01. The second kappa shape index (κ2) is 4.35. The van der Waals surface area contributed by atoms with Crippen LogP contribution >= 0.6 is 0 Å². The van der Waals surface area contributed by atoms with Gasteiger partial charge >= 0.3 is 0 Å². The summed E-state index contributed by atoms with van der Waals surface area (Å²) in [4.78, 5) is 2.00. The van der Waals surface area contributed by atoms with Gasteiger partial charge in [0.1, 0.15) is 5.82 Å². The summed E-state index contributed by atoms with van der Waals surface area (Å²) in [6, 6.07) is 4.95. The van der Waals surface area contributed by atoms with Crippen molar-refractivity contribution < 1.29 is 4.39 Å². The molecule has 0 fully saturated rings. The Hall–Kier alpha value is -0.930. The molecule has 13 heavy (non-hydrogen) atoms. The highest BCUT2D eigenvalue weighted by Crippen LogP contribution is 2.09. The summed E-state index contributed by atoms with van der Waals surface area (Å²) in [7, 11) is 3.90. The quantitative estimate of drug-likeness (QED) is 0.764. The Bertz CT molecular complexity index is 284. The first-order valence-electron chi connectivity index (χ1n) is 4.25. The monoisotopic (exact) mass is 182 g/mol. The van der Waals surface area contributed by atoms with E-state index in [2.05, 4.69) is 0 Å². The van der Waals surface area contributed by atoms with Crippen LogP contribution in [0.3, 0.4) is 0 Å². The summed E-state index contributed by atoms with van der Waals surface area (Å²) in [6.07, 6.45) is 0. The van der Waals surface area contributed by atoms with Crippen LogP contribution in [0.2, 0.25) is 0 Å². The maximum atomic E-state index is 13.0. The normalized spacial score (nSPS) is 10.8. The molecular formula is C10H15FN2. The fourth-order valence-electron chi connectivity index (χ4n) is 1.29. The molecule has 72 valence electrons. The SMILES string of the molecule is CN(C)Cc1cc(F)cc(CN)c1. The first-order chi connectivity index (χ1) is 6.11. The second-order valence-corrected chi connectivity index (χ2v) is 3.41. The Morgan fingerprint density at radius 2 is 1.85 bits per heavy atom. The Morgan fingerprint density at radius 1 is 1.23 bits per heavy atom. The van der Waals surface area contributed by atoms with Gasteiger partial charge in [-0.1, -0.05) is 6.07 Å². The fraction of sp³-hybridized carbons (Fsp3) is 0.400. The van der Waals surface area contributed by atoms with Gasteiger partial charge in [0.05, 0.1) is 0 Å². The molecule has 0 saturated heterocycles. The van der Waals surface area contributed by atoms with Crippen LogP contribution in [0.1, 0.15) is 11.1 Å². The average molecular weight is 182 g/mol. The van der Waals surface area contributed by atoms with Crippen LogP contribution in [-0.4, -0.2) is 19.0 Å². The molecule has 0 atom stereocenters. The third kappa shape index (κ3) is 3.13. The predicted molar refractivity (Wildman–Crippen MR) is 51.7 cm³/mol. The van der Waals surface area contributed by atoms with Crippen molar-refractivity contribution in [1.29, 1.82) is 0 Å². The lowest BCUT2D eigenvalue weighted by atomic mass is 10.1. The minimum atomic E-state index is -0.209. The van der Waals surface area contributed by atoms with Crippen LogP contribution < -0.4 is 5.73 Å². The largest absolute Gasteiger partial charge is 0.326 e. The van der Waals surface area contributed by atoms with E-state index in [9.17, 15) is 4.39 Å². The van der Waals surface area contributed by atoms with Crippen molar-refractivity contribution in [2.24, 2.45) is 5.73 Å². The van der Waals surface area contributed by atoms with Gasteiger partial charge in [-0.3, -0.25) is 0 Å². The highest BCUT2D eigenvalue weighted by molar-refractivity contribution is 5.24. The number of hydrogen-bond acceptors (Lipinski definition) is 2. The predicted octanol–water partition coefficient (Wildman–Crippen LogP) is 1.35. The molecule has 1 rings (SSSR count). The molecule has 1 aromatic carbocycles. The first kappa shape index (κ1) is 10.2. The third-order valence-electron chi connectivity index (χ3n) is 1.75. The highest BCUT2D eigenvalue weighted by atomic mass is 19.1. The summed E-state index contributed by atoms with van der Waals surface area (Å²) >= 11 is 0. The Morgan fingerprint density at radius 3 is 2.38 bits per heavy atom. The van der Waals surface area contributed by atoms with Crippen molar-refractivity contribution in [2.75, 3.05) is 14.1 Å². The standard InChI is InChI=1S/C10H15FN2/c1-13(2)7-9-3-8(6-12)4-10(11)5-9/h3-5H,6-7,12H2,1-2H3. The van der Waals surface area contributed by atoms with Crippen molar-refractivity contribution >= 4 is 0 Å². The molecular weight excluding hydrogens is 167 g/mol. The van der Waals surface area contributed by atoms with Gasteiger partial charge in [0.2, 0.25) is 0 Å². The van der Waals surface area contributed by atoms with Crippen LogP contribution in [0.4, 0.5) is 4.39 Å². The molecule has 0 saturated carbocycles. The van der Waals surface area contributed by atoms with Gasteiger partial charge in [0, 0.05) is 13.1 Å². The smallest absolute Gasteiger partial charge is 0.123 e. The highest BCUT2D eigenvalue weighted by Gasteiger charge is 2.00. The number of rotatable bonds is 3. The number of nitrogens with zero attached hydrogens (tertiary/aromatic N) is 1. The zero-order valence-corrected chi connectivity index (χ0v) is 8.05. The van der Waals surface area contributed by atoms with Gasteiger partial charge in [-0.2, -0.15) is 0 Å². The van der Waals surface area contributed by atoms with Gasteiger partial charge in [-0.05, 0) is 37.4 Å². The molecule has 2 N–H and O–H groups in total. The molecule has 0 radical (unpaired) electrons. The lowest BCUT2D eigenvalue weighted by molar-refractivity contribution is 0.401. The van der Waals surface area contributed by atoms with Gasteiger partial charge in [0.15, 0.2) is 0 Å². The van der Waals surface area contributed by atoms with E-state index in [0.717, 1.165) is 17.7 Å². The summed E-state index contributed by atoms with van der Waals surface area (Å²) in [6.45, 7) is 1.13. The Balaban J connectivity index is 2.88. The maximum absolute atomic E-state index is 13.0. The molecule has 0 aliphatic carbocycles. The Labute approximate surface area is 78.2 Å². The van der Waals surface area contributed by atoms with E-state index in [1.807, 2.05) is 25.1 Å². The van der Waals surface area contributed by atoms with E-state index in [1.165, 1.54) is 6.07 Å². The van der Waals surface area contributed by atoms with Gasteiger partial charge in [-0.25, -0.2) is 4.39 Å². The van der Waals surface area contributed by atoms with Crippen LogP contribution in [0, 0.1) is 5.82 Å². The molecule has 1 aromatic rings. The molecule has 0 heterocycles. The Kier molecular flexibility index (Phi) is 3.39. The van der Waals surface area contributed by atoms with E-state index in [4.69, 9.17) is 5.73 Å². The number of benzene rings is 1. The molecule has 0 unspecified atom stereocenters. The lowest BCUT2D eigenvalue weighted by Gasteiger charge is -2.10. The van der Waals surface area contributed by atoms with Crippen molar-refractivity contribution in [2.45, 2.75) is 13.1 Å². The zero-order chi connectivity index (χ0) is 9.84. The summed E-state index contributed by atoms with van der Waals surface area (Å²) < 4.78 is 13.0. The topological polar surface area (TPSA) is 29.3 Å². The van der Waals surface area contributed by atoms with Crippen LogP contribution in [0.5, 0.6) is 0 Å². The van der Waals surface area contributed by atoms with Crippen molar-refractivity contribution in [3.8, 4) is 0 Å². The summed E-state index contributed by atoms with van der Waals surface area (Å²) in [5.74, 6) is -0.209. The van der Waals surface area contributed by atoms with Crippen LogP contribution in [0.25, 0.3) is 0 Å². The summed E-state index contributed by atoms with van der Waals surface area (Å²) in [5.41, 5.74) is 7.25. The molecule has 0 spiro atoms. The first-order valence-corrected chi connectivity index (χ1v) is 4.25. The number of nitrogens with two attached hydrogens (primary N) is 1. The number of hydrogen-bond donors (Lipinski definition) is 1. The van der Waals surface area contributed by atoms with E-state index < -0.39 is 0 Å². The van der Waals surface area contributed by atoms with E-state index in [1.54, 1.807) is 6.07 Å². The van der Waals surface area contributed by atoms with Crippen molar-refractivity contribution in [1.82, 2.24) is 4.90 Å². The summed E-state index contributed by atoms with van der Waals surface area (Å²) in [5, 5.41) is 0. The van der Waals surface area contributed by atoms with Gasteiger partial charge < -0.3 is 10.6 Å². The van der Waals surface area contributed by atoms with Crippen LogP contribution in [0.15, 0.2) is 18.2 Å². The zero-order valence-electron chi connectivity index (χ0n) is 8.05. The minimum Gasteiger partial charge on any atom is -0.326 e. The van der Waals surface area contributed by atoms with Crippen molar-refractivity contribution in [3.63, 3.8) is 0 Å². The van der Waals surface area contributed by atoms with Gasteiger partial charge in [0.25, 0.3) is 0 Å². The second-order valence-electron chi connectivity index (χ2n) is 3.41. The molecule has 2 nitrogen and oxygen atoms in total. The molecule has 0 aliphatic heterocycles. The maximum Gasteiger partial charge on any atom is 0.123 e. The lowest BCUT2D eigenvalue weighted by Crippen LogP contribution is -2.11. The molecule has 0 bridgehead atoms. The fourth-order valence-corrected chi connectivity index (χ4v) is 1.29. The number of halogens is 1. The van der Waals surface area contributed by atoms with E-state index >= 15 is 0 Å². The molecule has 0 amide bonds. The molecule has 0 aromatic heterocycles. The van der Waals surface area contributed by atoms with Gasteiger partial charge in [-0.15, -0.1) is 0 Å². The van der Waals surface area contributed by atoms with Crippen LogP contribution in [-0.2, 0) is 13.1 Å². The van der Waals surface area contributed by atoms with Crippen molar-refractivity contribution in [3.05, 3.63) is 35.1 Å². The van der Waals surface area contributed by atoms with E-state index in [0.29, 0.717) is 6.54 Å².